The summed E-state index contributed by atoms with van der Waals surface area (Å²) in [7, 11) is 2.03. The Morgan fingerprint density at radius 3 is 2.65 bits per heavy atom. The highest BCUT2D eigenvalue weighted by molar-refractivity contribution is 6.00. The van der Waals surface area contributed by atoms with E-state index >= 15 is 0 Å². The number of hydrogen-bond acceptors (Lipinski definition) is 4. The third kappa shape index (κ3) is 2.74. The Bertz CT molecular complexity index is 1550. The number of hydrogen-bond donors (Lipinski definition) is 2. The first-order valence-electron chi connectivity index (χ1n) is 10.0. The molecule has 7 heteroatoms. The molecule has 0 aliphatic heterocycles. The minimum atomic E-state index is 0.825. The lowest BCUT2D eigenvalue weighted by atomic mass is 10.0. The zero-order chi connectivity index (χ0) is 20.9. The molecule has 0 saturated carbocycles. The Morgan fingerprint density at radius 1 is 0.903 bits per heavy atom. The Labute approximate surface area is 177 Å². The molecule has 5 aromatic heterocycles. The maximum absolute atomic E-state index is 4.61. The summed E-state index contributed by atoms with van der Waals surface area (Å²) in [4.78, 5) is 16.7. The van der Waals surface area contributed by atoms with E-state index in [0.29, 0.717) is 0 Å². The van der Waals surface area contributed by atoms with Gasteiger partial charge in [-0.25, -0.2) is 9.97 Å². The van der Waals surface area contributed by atoms with Gasteiger partial charge < -0.3 is 9.55 Å². The van der Waals surface area contributed by atoms with Crippen LogP contribution in [0.4, 0.5) is 0 Å². The van der Waals surface area contributed by atoms with Crippen molar-refractivity contribution in [2.45, 2.75) is 6.92 Å². The van der Waals surface area contributed by atoms with Crippen molar-refractivity contribution < 1.29 is 0 Å². The van der Waals surface area contributed by atoms with Crippen LogP contribution in [0.1, 0.15) is 5.82 Å². The second kappa shape index (κ2) is 6.63. The smallest absolute Gasteiger partial charge is 0.138 e. The maximum Gasteiger partial charge on any atom is 0.138 e. The second-order valence-electron chi connectivity index (χ2n) is 7.63. The van der Waals surface area contributed by atoms with Crippen LogP contribution < -0.4 is 0 Å². The van der Waals surface area contributed by atoms with Gasteiger partial charge in [0.1, 0.15) is 17.2 Å². The molecular weight excluding hydrogens is 386 g/mol. The van der Waals surface area contributed by atoms with Gasteiger partial charge in [0.05, 0.1) is 23.1 Å². The number of H-pyrrole nitrogens is 2. The molecule has 0 bridgehead atoms. The number of nitrogens with zero attached hydrogens (tertiary/aromatic N) is 5. The fourth-order valence-electron chi connectivity index (χ4n) is 4.08. The summed E-state index contributed by atoms with van der Waals surface area (Å²) in [5, 5.41) is 9.85. The van der Waals surface area contributed by atoms with E-state index in [1.165, 1.54) is 0 Å². The van der Waals surface area contributed by atoms with Crippen LogP contribution in [0.25, 0.3) is 55.7 Å². The van der Waals surface area contributed by atoms with Crippen LogP contribution >= 0.6 is 0 Å². The number of fused-ring (bicyclic) bond motifs is 2. The summed E-state index contributed by atoms with van der Waals surface area (Å²) in [5.74, 6) is 0.979. The lowest BCUT2D eigenvalue weighted by Crippen LogP contribution is -1.94. The molecule has 2 N–H and O–H groups in total. The summed E-state index contributed by atoms with van der Waals surface area (Å²) < 4.78 is 2.09. The molecule has 0 fully saturated rings. The molecule has 150 valence electrons. The van der Waals surface area contributed by atoms with Crippen molar-refractivity contribution in [2.24, 2.45) is 7.05 Å². The standard InChI is InChI=1S/C24H19N7/c1-14-27-13-22(31(14)2)15-5-6-20-19(10-15)23(30-29-20)21-11-18-17(7-9-26-24(18)28-21)16-4-3-8-25-12-16/h3-13H,1-2H3,(H,26,28)(H,29,30). The predicted molar refractivity (Wildman–Crippen MR) is 121 cm³/mol. The van der Waals surface area contributed by atoms with Gasteiger partial charge in [-0.3, -0.25) is 10.1 Å². The molecule has 5 heterocycles. The van der Waals surface area contributed by atoms with Crippen molar-refractivity contribution in [3.8, 4) is 33.8 Å². The van der Waals surface area contributed by atoms with Gasteiger partial charge in [-0.15, -0.1) is 0 Å². The molecule has 6 rings (SSSR count). The zero-order valence-electron chi connectivity index (χ0n) is 17.1. The van der Waals surface area contributed by atoms with E-state index in [0.717, 1.165) is 61.5 Å². The Morgan fingerprint density at radius 2 is 1.84 bits per heavy atom. The topological polar surface area (TPSA) is 88.1 Å². The van der Waals surface area contributed by atoms with Crippen molar-refractivity contribution in [2.75, 3.05) is 0 Å². The molecular formula is C24H19N7. The molecule has 0 aliphatic rings. The number of nitrogens with one attached hydrogen (secondary N) is 2. The van der Waals surface area contributed by atoms with Crippen molar-refractivity contribution in [1.29, 1.82) is 0 Å². The summed E-state index contributed by atoms with van der Waals surface area (Å²) in [6, 6.07) is 14.4. The third-order valence-corrected chi connectivity index (χ3v) is 5.84. The number of pyridine rings is 2. The quantitative estimate of drug-likeness (QED) is 0.439. The number of aromatic nitrogens is 7. The van der Waals surface area contributed by atoms with Gasteiger partial charge >= 0.3 is 0 Å². The van der Waals surface area contributed by atoms with E-state index in [1.807, 2.05) is 44.7 Å². The van der Waals surface area contributed by atoms with Crippen molar-refractivity contribution in [3.63, 3.8) is 0 Å². The average Bonchev–Trinajstić information content (AvgIpc) is 3.50. The molecule has 0 aliphatic carbocycles. The van der Waals surface area contributed by atoms with Crippen LogP contribution in [-0.4, -0.2) is 34.7 Å². The van der Waals surface area contributed by atoms with Gasteiger partial charge in [0, 0.05) is 47.5 Å². The van der Waals surface area contributed by atoms with Gasteiger partial charge in [0.25, 0.3) is 0 Å². The fraction of sp³-hybridized carbons (Fsp3) is 0.0833. The molecule has 1 aromatic carbocycles. The number of imidazole rings is 1. The molecule has 0 atom stereocenters. The van der Waals surface area contributed by atoms with Gasteiger partial charge in [0.15, 0.2) is 0 Å². The van der Waals surface area contributed by atoms with Gasteiger partial charge in [-0.1, -0.05) is 12.1 Å². The Hall–Kier alpha value is -4.26. The lowest BCUT2D eigenvalue weighted by molar-refractivity contribution is 0.865. The highest BCUT2D eigenvalue weighted by atomic mass is 15.1. The molecule has 0 spiro atoms. The normalized spacial score (nSPS) is 11.5. The number of rotatable bonds is 3. The van der Waals surface area contributed by atoms with E-state index in [9.17, 15) is 0 Å². The highest BCUT2D eigenvalue weighted by Gasteiger charge is 2.15. The van der Waals surface area contributed by atoms with E-state index < -0.39 is 0 Å². The molecule has 0 amide bonds. The molecule has 0 radical (unpaired) electrons. The first-order valence-corrected chi connectivity index (χ1v) is 10.0. The van der Waals surface area contributed by atoms with Crippen LogP contribution in [0.15, 0.2) is 67.3 Å². The fourth-order valence-corrected chi connectivity index (χ4v) is 4.08. The summed E-state index contributed by atoms with van der Waals surface area (Å²) in [5.41, 5.74) is 7.91. The molecule has 6 aromatic rings. The molecule has 0 unspecified atom stereocenters. The molecule has 0 saturated heterocycles. The molecule has 31 heavy (non-hydrogen) atoms. The monoisotopic (exact) mass is 405 g/mol. The zero-order valence-corrected chi connectivity index (χ0v) is 17.1. The average molecular weight is 405 g/mol. The minimum absolute atomic E-state index is 0.825. The van der Waals surface area contributed by atoms with Gasteiger partial charge in [-0.2, -0.15) is 5.10 Å². The summed E-state index contributed by atoms with van der Waals surface area (Å²) in [6.45, 7) is 2.00. The van der Waals surface area contributed by atoms with Crippen molar-refractivity contribution in [3.05, 3.63) is 73.1 Å². The largest absolute Gasteiger partial charge is 0.338 e. The summed E-state index contributed by atoms with van der Waals surface area (Å²) in [6.07, 6.45) is 7.37. The number of aromatic amines is 2. The van der Waals surface area contributed by atoms with E-state index in [4.69, 9.17) is 0 Å². The highest BCUT2D eigenvalue weighted by Crippen LogP contribution is 2.34. The number of aryl methyl sites for hydroxylation is 1. The van der Waals surface area contributed by atoms with Crippen molar-refractivity contribution in [1.82, 2.24) is 34.7 Å². The maximum atomic E-state index is 4.61. The van der Waals surface area contributed by atoms with Crippen molar-refractivity contribution >= 4 is 21.9 Å². The Balaban J connectivity index is 1.52. The van der Waals surface area contributed by atoms with E-state index in [2.05, 4.69) is 65.0 Å². The van der Waals surface area contributed by atoms with E-state index in [1.54, 1.807) is 6.20 Å². The van der Waals surface area contributed by atoms with Crippen LogP contribution in [0.5, 0.6) is 0 Å². The van der Waals surface area contributed by atoms with Gasteiger partial charge in [0.2, 0.25) is 0 Å². The second-order valence-corrected chi connectivity index (χ2v) is 7.63. The van der Waals surface area contributed by atoms with E-state index in [-0.39, 0.29) is 0 Å². The SMILES string of the molecule is Cc1ncc(-c2ccc3[nH]nc(-c4cc5c(-c6cccnc6)ccnc5[nH]4)c3c2)n1C. The number of benzene rings is 1. The van der Waals surface area contributed by atoms with Crippen LogP contribution in [0.3, 0.4) is 0 Å². The minimum Gasteiger partial charge on any atom is -0.338 e. The van der Waals surface area contributed by atoms with Crippen LogP contribution in [-0.2, 0) is 7.05 Å². The first-order chi connectivity index (χ1) is 15.2. The Kier molecular flexibility index (Phi) is 3.76. The first kappa shape index (κ1) is 17.6. The van der Waals surface area contributed by atoms with Crippen LogP contribution in [0.2, 0.25) is 0 Å². The van der Waals surface area contributed by atoms with Crippen LogP contribution in [0, 0.1) is 6.92 Å². The van der Waals surface area contributed by atoms with Gasteiger partial charge in [-0.05, 0) is 42.8 Å². The third-order valence-electron chi connectivity index (χ3n) is 5.84. The predicted octanol–water partition coefficient (Wildman–Crippen LogP) is 4.88. The summed E-state index contributed by atoms with van der Waals surface area (Å²) >= 11 is 0. The lowest BCUT2D eigenvalue weighted by Gasteiger charge is -2.04. The molecule has 7 nitrogen and oxygen atoms in total.